The average Bonchev–Trinajstić information content (AvgIpc) is 2.70. The molecule has 1 amide bonds. The molecular formula is C9H12BrN3O3. The van der Waals surface area contributed by atoms with E-state index < -0.39 is 0 Å². The number of hydrogen-bond donors (Lipinski definition) is 3. The summed E-state index contributed by atoms with van der Waals surface area (Å²) in [6.07, 6.45) is 1.41. The first-order valence-electron chi connectivity index (χ1n) is 4.55. The maximum absolute atomic E-state index is 11.6. The van der Waals surface area contributed by atoms with E-state index in [-0.39, 0.29) is 24.2 Å². The third-order valence-corrected chi connectivity index (χ3v) is 2.67. The van der Waals surface area contributed by atoms with Gasteiger partial charge in [0, 0.05) is 12.5 Å². The van der Waals surface area contributed by atoms with E-state index in [1.165, 1.54) is 6.26 Å². The summed E-state index contributed by atoms with van der Waals surface area (Å²) in [5.41, 5.74) is 5.78. The second kappa shape index (κ2) is 5.55. The molecule has 1 aromatic rings. The number of nitrogens with one attached hydrogen (secondary N) is 1. The van der Waals surface area contributed by atoms with Crippen LogP contribution in [0.15, 0.2) is 26.6 Å². The van der Waals surface area contributed by atoms with Crippen LogP contribution in [0.4, 0.5) is 0 Å². The summed E-state index contributed by atoms with van der Waals surface area (Å²) >= 11 is 3.10. The van der Waals surface area contributed by atoms with E-state index in [2.05, 4.69) is 26.4 Å². The molecule has 0 aromatic carbocycles. The molecule has 88 valence electrons. The minimum Gasteiger partial charge on any atom is -0.457 e. The van der Waals surface area contributed by atoms with E-state index in [9.17, 15) is 4.79 Å². The van der Waals surface area contributed by atoms with E-state index in [0.717, 1.165) is 0 Å². The third kappa shape index (κ3) is 2.99. The maximum Gasteiger partial charge on any atom is 0.255 e. The molecule has 1 rings (SSSR count). The lowest BCUT2D eigenvalue weighted by molar-refractivity contribution is 0.0949. The Morgan fingerprint density at radius 2 is 2.50 bits per heavy atom. The number of carbonyl (C=O) groups is 1. The van der Waals surface area contributed by atoms with Crippen molar-refractivity contribution in [3.63, 3.8) is 0 Å². The quantitative estimate of drug-likeness (QED) is 0.335. The van der Waals surface area contributed by atoms with Gasteiger partial charge in [-0.3, -0.25) is 4.79 Å². The summed E-state index contributed by atoms with van der Waals surface area (Å²) in [7, 11) is 0. The topological polar surface area (TPSA) is 101 Å². The SMILES string of the molecule is CC(CNC(=O)c1ccoc1Br)/C(N)=N/O. The molecule has 7 heteroatoms. The van der Waals surface area contributed by atoms with Crippen LogP contribution in [-0.2, 0) is 0 Å². The normalized spacial score (nSPS) is 13.5. The molecular weight excluding hydrogens is 278 g/mol. The van der Waals surface area contributed by atoms with Crippen molar-refractivity contribution in [2.75, 3.05) is 6.54 Å². The predicted molar refractivity (Wildman–Crippen MR) is 61.3 cm³/mol. The highest BCUT2D eigenvalue weighted by Crippen LogP contribution is 2.17. The van der Waals surface area contributed by atoms with Crippen LogP contribution in [0.25, 0.3) is 0 Å². The molecule has 0 saturated carbocycles. The number of rotatable bonds is 4. The second-order valence-corrected chi connectivity index (χ2v) is 3.96. The number of halogens is 1. The van der Waals surface area contributed by atoms with Crippen molar-refractivity contribution >= 4 is 27.7 Å². The van der Waals surface area contributed by atoms with Gasteiger partial charge in [-0.1, -0.05) is 12.1 Å². The van der Waals surface area contributed by atoms with Gasteiger partial charge in [0.15, 0.2) is 4.67 Å². The molecule has 0 radical (unpaired) electrons. The van der Waals surface area contributed by atoms with Gasteiger partial charge in [0.2, 0.25) is 0 Å². The fourth-order valence-electron chi connectivity index (χ4n) is 1.000. The second-order valence-electron chi connectivity index (χ2n) is 3.24. The average molecular weight is 290 g/mol. The number of oxime groups is 1. The largest absolute Gasteiger partial charge is 0.457 e. The minimum atomic E-state index is -0.279. The Morgan fingerprint density at radius 1 is 1.81 bits per heavy atom. The van der Waals surface area contributed by atoms with Crippen LogP contribution in [0.2, 0.25) is 0 Å². The molecule has 0 aliphatic rings. The van der Waals surface area contributed by atoms with E-state index in [0.29, 0.717) is 10.2 Å². The molecule has 6 nitrogen and oxygen atoms in total. The first-order valence-corrected chi connectivity index (χ1v) is 5.34. The molecule has 1 heterocycles. The van der Waals surface area contributed by atoms with Crippen LogP contribution in [0.1, 0.15) is 17.3 Å². The van der Waals surface area contributed by atoms with Crippen LogP contribution < -0.4 is 11.1 Å². The monoisotopic (exact) mass is 289 g/mol. The van der Waals surface area contributed by atoms with Crippen molar-refractivity contribution in [3.05, 3.63) is 22.6 Å². The molecule has 16 heavy (non-hydrogen) atoms. The van der Waals surface area contributed by atoms with Gasteiger partial charge < -0.3 is 20.7 Å². The van der Waals surface area contributed by atoms with Crippen LogP contribution in [0.3, 0.4) is 0 Å². The predicted octanol–water partition coefficient (Wildman–Crippen LogP) is 1.15. The lowest BCUT2D eigenvalue weighted by Crippen LogP contribution is -2.34. The van der Waals surface area contributed by atoms with Gasteiger partial charge in [0.25, 0.3) is 5.91 Å². The van der Waals surface area contributed by atoms with Crippen LogP contribution in [0.5, 0.6) is 0 Å². The van der Waals surface area contributed by atoms with Crippen LogP contribution >= 0.6 is 15.9 Å². The van der Waals surface area contributed by atoms with Crippen molar-refractivity contribution in [2.45, 2.75) is 6.92 Å². The Morgan fingerprint density at radius 3 is 3.00 bits per heavy atom. The molecule has 0 fully saturated rings. The van der Waals surface area contributed by atoms with Crippen molar-refractivity contribution in [1.82, 2.24) is 5.32 Å². The summed E-state index contributed by atoms with van der Waals surface area (Å²) in [5.74, 6) is -0.440. The Balaban J connectivity index is 2.51. The van der Waals surface area contributed by atoms with Gasteiger partial charge in [-0.25, -0.2) is 0 Å². The standard InChI is InChI=1S/C9H12BrN3O3/c1-5(8(11)13-15)4-12-9(14)6-2-3-16-7(6)10/h2-3,5,15H,4H2,1H3,(H2,11,13)(H,12,14). The molecule has 1 atom stereocenters. The van der Waals surface area contributed by atoms with E-state index in [1.807, 2.05) is 0 Å². The van der Waals surface area contributed by atoms with Gasteiger partial charge in [0.05, 0.1) is 11.8 Å². The van der Waals surface area contributed by atoms with Crippen LogP contribution in [0, 0.1) is 5.92 Å². The molecule has 1 aromatic heterocycles. The van der Waals surface area contributed by atoms with Gasteiger partial charge in [-0.15, -0.1) is 0 Å². The molecule has 1 unspecified atom stereocenters. The maximum atomic E-state index is 11.6. The first kappa shape index (κ1) is 12.6. The molecule has 0 bridgehead atoms. The Labute approximate surface area is 101 Å². The number of carbonyl (C=O) groups excluding carboxylic acids is 1. The highest BCUT2D eigenvalue weighted by atomic mass is 79.9. The highest BCUT2D eigenvalue weighted by Gasteiger charge is 2.14. The lowest BCUT2D eigenvalue weighted by atomic mass is 10.1. The van der Waals surface area contributed by atoms with Crippen molar-refractivity contribution in [3.8, 4) is 0 Å². The molecule has 0 saturated heterocycles. The Hall–Kier alpha value is -1.50. The highest BCUT2D eigenvalue weighted by molar-refractivity contribution is 9.10. The van der Waals surface area contributed by atoms with E-state index in [1.54, 1.807) is 13.0 Å². The number of amides is 1. The summed E-state index contributed by atoms with van der Waals surface area (Å²) < 4.78 is 5.30. The lowest BCUT2D eigenvalue weighted by Gasteiger charge is -2.10. The zero-order chi connectivity index (χ0) is 12.1. The molecule has 0 aliphatic carbocycles. The first-order chi connectivity index (χ1) is 7.56. The van der Waals surface area contributed by atoms with Crippen molar-refractivity contribution in [2.24, 2.45) is 16.8 Å². The minimum absolute atomic E-state index is 0.0755. The summed E-state index contributed by atoms with van der Waals surface area (Å²) in [6.45, 7) is 2.02. The summed E-state index contributed by atoms with van der Waals surface area (Å²) in [5, 5.41) is 13.9. The van der Waals surface area contributed by atoms with Gasteiger partial charge in [-0.2, -0.15) is 0 Å². The zero-order valence-corrected chi connectivity index (χ0v) is 10.2. The van der Waals surface area contributed by atoms with Crippen LogP contribution in [-0.4, -0.2) is 23.5 Å². The number of nitrogens with two attached hydrogens (primary N) is 1. The van der Waals surface area contributed by atoms with Gasteiger partial charge >= 0.3 is 0 Å². The number of furan rings is 1. The number of nitrogens with zero attached hydrogens (tertiary/aromatic N) is 1. The smallest absolute Gasteiger partial charge is 0.255 e. The fourth-order valence-corrected chi connectivity index (χ4v) is 1.42. The van der Waals surface area contributed by atoms with Gasteiger partial charge in [-0.05, 0) is 22.0 Å². The number of amidine groups is 1. The Bertz CT molecular complexity index is 402. The number of hydrogen-bond acceptors (Lipinski definition) is 4. The van der Waals surface area contributed by atoms with Crippen molar-refractivity contribution in [1.29, 1.82) is 0 Å². The van der Waals surface area contributed by atoms with E-state index in [4.69, 9.17) is 15.4 Å². The fraction of sp³-hybridized carbons (Fsp3) is 0.333. The summed E-state index contributed by atoms with van der Waals surface area (Å²) in [4.78, 5) is 11.6. The van der Waals surface area contributed by atoms with Crippen molar-refractivity contribution < 1.29 is 14.4 Å². The van der Waals surface area contributed by atoms with Gasteiger partial charge in [0.1, 0.15) is 5.84 Å². The summed E-state index contributed by atoms with van der Waals surface area (Å²) in [6, 6.07) is 1.55. The zero-order valence-electron chi connectivity index (χ0n) is 8.61. The van der Waals surface area contributed by atoms with E-state index >= 15 is 0 Å². The Kier molecular flexibility index (Phi) is 4.36. The molecule has 4 N–H and O–H groups in total. The third-order valence-electron chi connectivity index (χ3n) is 2.05. The molecule has 0 spiro atoms. The molecule has 0 aliphatic heterocycles.